The Morgan fingerprint density at radius 2 is 2.16 bits per heavy atom. The van der Waals surface area contributed by atoms with Crippen molar-refractivity contribution in [2.75, 3.05) is 20.6 Å². The lowest BCUT2D eigenvalue weighted by Gasteiger charge is -2.34. The van der Waals surface area contributed by atoms with E-state index in [-0.39, 0.29) is 10.5 Å². The summed E-state index contributed by atoms with van der Waals surface area (Å²) in [5, 5.41) is 7.09. The van der Waals surface area contributed by atoms with Crippen molar-refractivity contribution < 1.29 is 9.39 Å². The molecule has 1 aliphatic carbocycles. The van der Waals surface area contributed by atoms with Crippen LogP contribution in [-0.4, -0.2) is 43.1 Å². The molecule has 1 heterocycles. The molecule has 1 aliphatic heterocycles. The van der Waals surface area contributed by atoms with Crippen LogP contribution in [0.15, 0.2) is 65.3 Å². The third kappa shape index (κ3) is 5.63. The minimum Gasteiger partial charge on any atom is -0.308 e. The van der Waals surface area contributed by atoms with Gasteiger partial charge in [-0.1, -0.05) is 61.1 Å². The number of carbonyl (C=O) groups is 1. The average Bonchev–Trinajstić information content (AvgIpc) is 2.94. The minimum absolute atomic E-state index is 0.0446. The van der Waals surface area contributed by atoms with Crippen LogP contribution in [0, 0.1) is 18.8 Å². The van der Waals surface area contributed by atoms with Gasteiger partial charge >= 0.3 is 11.9 Å². The van der Waals surface area contributed by atoms with Crippen molar-refractivity contribution in [3.63, 3.8) is 0 Å². The molecule has 0 aromatic heterocycles. The molecule has 172 valence electrons. The molecule has 3 rings (SSSR count). The Morgan fingerprint density at radius 3 is 2.84 bits per heavy atom. The van der Waals surface area contributed by atoms with Crippen molar-refractivity contribution in [2.45, 2.75) is 46.2 Å². The summed E-state index contributed by atoms with van der Waals surface area (Å²) >= 11 is 0. The van der Waals surface area contributed by atoms with Crippen molar-refractivity contribution in [2.24, 2.45) is 16.8 Å². The Balaban J connectivity index is 1.75. The highest BCUT2D eigenvalue weighted by molar-refractivity contribution is 5.96. The Morgan fingerprint density at radius 1 is 1.38 bits per heavy atom. The Bertz CT molecular complexity index is 947. The van der Waals surface area contributed by atoms with Gasteiger partial charge in [-0.25, -0.2) is 9.79 Å². The molecule has 2 aliphatic rings. The zero-order valence-electron chi connectivity index (χ0n) is 20.1. The van der Waals surface area contributed by atoms with Gasteiger partial charge in [0.2, 0.25) is 0 Å². The van der Waals surface area contributed by atoms with E-state index in [0.29, 0.717) is 36.9 Å². The standard InChI is InChI=1S/C26H37N5O/c1-18(2)23-14-20(4)10-8-12-24(23)28-17-22-15-25(32)31(6,27-5)26(30-22)29-16-21-11-7-9-19(3)13-21/h7-11,13,15,20,23-24,27-28H,1,12,14,16-17H2,2-6H3/p+1. The number of aryl methyl sites for hydroxylation is 1. The van der Waals surface area contributed by atoms with Crippen LogP contribution in [0.3, 0.4) is 0 Å². The number of nitrogens with one attached hydrogen (secondary N) is 3. The third-order valence-corrected chi connectivity index (χ3v) is 6.53. The van der Waals surface area contributed by atoms with Crippen molar-refractivity contribution in [1.82, 2.24) is 16.1 Å². The van der Waals surface area contributed by atoms with E-state index in [1.54, 1.807) is 13.1 Å². The highest BCUT2D eigenvalue weighted by atomic mass is 16.2. The van der Waals surface area contributed by atoms with Gasteiger partial charge in [0, 0.05) is 25.3 Å². The number of aliphatic imine (C=N–C) groups is 1. The molecular formula is C26H38N5O+. The molecule has 1 amide bonds. The van der Waals surface area contributed by atoms with Gasteiger partial charge in [-0.15, -0.1) is 4.59 Å². The number of carbonyl (C=O) groups excluding carboxylic acids is 1. The number of benzene rings is 1. The van der Waals surface area contributed by atoms with Crippen molar-refractivity contribution in [3.8, 4) is 0 Å². The first-order valence-electron chi connectivity index (χ1n) is 11.5. The molecule has 0 radical (unpaired) electrons. The number of hydrogen-bond acceptors (Lipinski definition) is 4. The maximum absolute atomic E-state index is 13.0. The first-order valence-corrected chi connectivity index (χ1v) is 11.5. The summed E-state index contributed by atoms with van der Waals surface area (Å²) in [5.74, 6) is 1.51. The monoisotopic (exact) mass is 436 g/mol. The van der Waals surface area contributed by atoms with Crippen LogP contribution >= 0.6 is 0 Å². The zero-order chi connectivity index (χ0) is 23.3. The normalized spacial score (nSPS) is 29.4. The topological polar surface area (TPSA) is 65.5 Å². The van der Waals surface area contributed by atoms with Gasteiger partial charge in [0.15, 0.2) is 0 Å². The Labute approximate surface area is 192 Å². The maximum atomic E-state index is 13.0. The van der Waals surface area contributed by atoms with Crippen LogP contribution in [-0.2, 0) is 11.3 Å². The molecule has 1 aromatic rings. The van der Waals surface area contributed by atoms with Crippen LogP contribution in [0.5, 0.6) is 0 Å². The second-order valence-electron chi connectivity index (χ2n) is 9.31. The van der Waals surface area contributed by atoms with Gasteiger partial charge in [0.25, 0.3) is 0 Å². The van der Waals surface area contributed by atoms with E-state index < -0.39 is 0 Å². The molecule has 6 nitrogen and oxygen atoms in total. The maximum Gasteiger partial charge on any atom is 0.366 e. The number of quaternary nitrogens is 1. The van der Waals surface area contributed by atoms with Crippen LogP contribution in [0.4, 0.5) is 0 Å². The van der Waals surface area contributed by atoms with Crippen molar-refractivity contribution in [3.05, 3.63) is 71.5 Å². The number of hydrogen-bond donors (Lipinski definition) is 3. The molecule has 6 heteroatoms. The molecular weight excluding hydrogens is 398 g/mol. The van der Waals surface area contributed by atoms with E-state index in [9.17, 15) is 4.79 Å². The van der Waals surface area contributed by atoms with Crippen LogP contribution in [0.1, 0.15) is 37.8 Å². The summed E-state index contributed by atoms with van der Waals surface area (Å²) in [5.41, 5.74) is 7.46. The summed E-state index contributed by atoms with van der Waals surface area (Å²) < 4.78 is -0.0899. The van der Waals surface area contributed by atoms with E-state index in [4.69, 9.17) is 4.99 Å². The predicted molar refractivity (Wildman–Crippen MR) is 131 cm³/mol. The molecule has 4 unspecified atom stereocenters. The van der Waals surface area contributed by atoms with E-state index in [1.807, 2.05) is 13.1 Å². The predicted octanol–water partition coefficient (Wildman–Crippen LogP) is 3.58. The number of nitrogens with zero attached hydrogens (tertiary/aromatic N) is 2. The van der Waals surface area contributed by atoms with E-state index in [1.165, 1.54) is 11.1 Å². The minimum atomic E-state index is -0.0899. The lowest BCUT2D eigenvalue weighted by Crippen LogP contribution is -2.67. The number of rotatable bonds is 7. The fourth-order valence-electron chi connectivity index (χ4n) is 4.42. The van der Waals surface area contributed by atoms with Crippen molar-refractivity contribution >= 4 is 11.9 Å². The van der Waals surface area contributed by atoms with E-state index >= 15 is 0 Å². The molecule has 0 spiro atoms. The second-order valence-corrected chi connectivity index (χ2v) is 9.31. The van der Waals surface area contributed by atoms with Gasteiger partial charge in [-0.05, 0) is 44.1 Å². The quantitative estimate of drug-likeness (QED) is 0.452. The van der Waals surface area contributed by atoms with Crippen LogP contribution in [0.25, 0.3) is 0 Å². The number of guanidine groups is 1. The molecule has 0 saturated carbocycles. The number of allylic oxidation sites excluding steroid dienone is 1. The Hall–Kier alpha value is -2.54. The molecule has 4 atom stereocenters. The lowest BCUT2D eigenvalue weighted by molar-refractivity contribution is -0.789. The first-order chi connectivity index (χ1) is 15.2. The number of likely N-dealkylation sites (N-methyl/N-ethyl adjacent to an activating group) is 1. The molecule has 0 fully saturated rings. The molecule has 0 bridgehead atoms. The van der Waals surface area contributed by atoms with E-state index in [2.05, 4.69) is 73.8 Å². The van der Waals surface area contributed by atoms with Crippen molar-refractivity contribution in [1.29, 1.82) is 0 Å². The summed E-state index contributed by atoms with van der Waals surface area (Å²) in [4.78, 5) is 17.8. The number of amides is 1. The SMILES string of the molecule is C=C(C)C1CC(C)C=CCC1NCC1=CC(=O)[N+](C)(NC)C(=NCc2cccc(C)c2)N1. The summed E-state index contributed by atoms with van der Waals surface area (Å²) in [7, 11) is 3.59. The smallest absolute Gasteiger partial charge is 0.308 e. The lowest BCUT2D eigenvalue weighted by atomic mass is 9.86. The fraction of sp³-hybridized carbons (Fsp3) is 0.462. The van der Waals surface area contributed by atoms with Crippen LogP contribution in [0.2, 0.25) is 0 Å². The summed E-state index contributed by atoms with van der Waals surface area (Å²) in [6, 6.07) is 8.58. The summed E-state index contributed by atoms with van der Waals surface area (Å²) in [6.45, 7) is 11.8. The molecule has 1 aromatic carbocycles. The summed E-state index contributed by atoms with van der Waals surface area (Å²) in [6.07, 6.45) is 8.29. The second kappa shape index (κ2) is 10.4. The Kier molecular flexibility index (Phi) is 7.82. The molecule has 3 N–H and O–H groups in total. The highest BCUT2D eigenvalue weighted by Crippen LogP contribution is 2.28. The molecule has 0 saturated heterocycles. The van der Waals surface area contributed by atoms with Gasteiger partial charge in [-0.2, -0.15) is 5.43 Å². The van der Waals surface area contributed by atoms with Gasteiger partial charge in [0.05, 0.1) is 12.6 Å². The highest BCUT2D eigenvalue weighted by Gasteiger charge is 2.41. The van der Waals surface area contributed by atoms with Gasteiger partial charge < -0.3 is 5.32 Å². The first kappa shape index (κ1) is 24.1. The largest absolute Gasteiger partial charge is 0.366 e. The van der Waals surface area contributed by atoms with Gasteiger partial charge in [0.1, 0.15) is 7.05 Å². The van der Waals surface area contributed by atoms with Crippen LogP contribution < -0.4 is 16.1 Å². The third-order valence-electron chi connectivity index (χ3n) is 6.53. The fourth-order valence-corrected chi connectivity index (χ4v) is 4.42. The van der Waals surface area contributed by atoms with E-state index in [0.717, 1.165) is 24.1 Å². The molecule has 32 heavy (non-hydrogen) atoms. The average molecular weight is 437 g/mol. The zero-order valence-corrected chi connectivity index (χ0v) is 20.1. The van der Waals surface area contributed by atoms with Gasteiger partial charge in [-0.3, -0.25) is 5.32 Å².